The van der Waals surface area contributed by atoms with Crippen LogP contribution in [0.25, 0.3) is 11.8 Å². The van der Waals surface area contributed by atoms with E-state index in [-0.39, 0.29) is 17.6 Å². The maximum Gasteiger partial charge on any atom is 0.194 e. The van der Waals surface area contributed by atoms with Gasteiger partial charge in [0.15, 0.2) is 29.0 Å². The van der Waals surface area contributed by atoms with E-state index in [2.05, 4.69) is 52.3 Å². The summed E-state index contributed by atoms with van der Waals surface area (Å²) in [5.74, 6) is 0.409. The van der Waals surface area contributed by atoms with E-state index in [0.717, 1.165) is 37.1 Å². The normalized spacial score (nSPS) is 15.6. The van der Waals surface area contributed by atoms with Crippen molar-refractivity contribution in [2.45, 2.75) is 39.1 Å². The van der Waals surface area contributed by atoms with Gasteiger partial charge >= 0.3 is 0 Å². The molecule has 1 atom stereocenters. The Morgan fingerprint density at radius 1 is 0.852 bits per heavy atom. The van der Waals surface area contributed by atoms with Crippen LogP contribution in [0.5, 0.6) is 17.2 Å². The van der Waals surface area contributed by atoms with Crippen LogP contribution >= 0.6 is 23.0 Å². The van der Waals surface area contributed by atoms with Gasteiger partial charge in [0.1, 0.15) is 24.2 Å². The van der Waals surface area contributed by atoms with Crippen LogP contribution in [0.3, 0.4) is 0 Å². The van der Waals surface area contributed by atoms with Gasteiger partial charge in [0.05, 0.1) is 35.6 Å². The number of aryl methyl sites for hydroxylation is 1. The molecule has 0 unspecified atom stereocenters. The Kier molecular flexibility index (Phi) is 11.2. The highest BCUT2D eigenvalue weighted by molar-refractivity contribution is 9.10. The Balaban J connectivity index is 1.18. The second-order valence-electron chi connectivity index (χ2n) is 15.4. The van der Waals surface area contributed by atoms with E-state index in [1.54, 1.807) is 35.1 Å². The summed E-state index contributed by atoms with van der Waals surface area (Å²) < 4.78 is 46.9. The molecule has 8 nitrogen and oxygen atoms in total. The predicted octanol–water partition coefficient (Wildman–Crippen LogP) is 11.0. The monoisotopic (exact) mass is 893 g/mol. The molecule has 0 amide bonds. The Morgan fingerprint density at radius 3 is 2.10 bits per heavy atom. The predicted molar refractivity (Wildman–Crippen MR) is 243 cm³/mol. The fourth-order valence-corrected chi connectivity index (χ4v) is 11.8. The van der Waals surface area contributed by atoms with Crippen molar-refractivity contribution in [2.24, 2.45) is 4.74 Å². The molecule has 1 aliphatic heterocycles. The van der Waals surface area contributed by atoms with E-state index in [1.807, 2.05) is 106 Å². The van der Waals surface area contributed by atoms with E-state index in [0.29, 0.717) is 53.8 Å². The first-order chi connectivity index (χ1) is 29.6. The summed E-state index contributed by atoms with van der Waals surface area (Å²) >= 11 is 3.70. The van der Waals surface area contributed by atoms with Gasteiger partial charge in [-0.1, -0.05) is 103 Å². The average molecular weight is 895 g/mol. The molecule has 61 heavy (non-hydrogen) atoms. The van der Waals surface area contributed by atoms with Gasteiger partial charge < -0.3 is 18.9 Å². The molecule has 9 rings (SSSR count). The molecular formula is C50H42BrFN3O5P. The molecule has 306 valence electrons. The number of hydrogen-bond acceptors (Lipinski definition) is 7. The van der Waals surface area contributed by atoms with Crippen molar-refractivity contribution < 1.29 is 28.1 Å². The van der Waals surface area contributed by atoms with Gasteiger partial charge in [-0.3, -0.25) is 4.79 Å². The summed E-state index contributed by atoms with van der Waals surface area (Å²) in [6.45, 7) is 6.44. The van der Waals surface area contributed by atoms with E-state index in [9.17, 15) is 4.39 Å². The summed E-state index contributed by atoms with van der Waals surface area (Å²) in [5, 5.41) is 7.96. The van der Waals surface area contributed by atoms with Gasteiger partial charge in [0.25, 0.3) is 0 Å². The number of carbonyl (C=O) groups excluding carboxylic acids is 1. The van der Waals surface area contributed by atoms with E-state index in [4.69, 9.17) is 28.8 Å². The second-order valence-corrected chi connectivity index (χ2v) is 19.3. The third-order valence-electron chi connectivity index (χ3n) is 10.8. The van der Waals surface area contributed by atoms with Crippen molar-refractivity contribution >= 4 is 56.6 Å². The number of allylic oxidation sites excluding steroid dienone is 1. The SMILES string of the molecule is Cc1cc(-n2ncc(C(=O)C3=Cc4cc(OC[C@H]5COC(C)(C)O5)c(Br)cc4C3)c2N=P(c2ccccc2)(c2ccccc2)c2ccccc2)ccc1Oc1ccccc1F. The molecule has 11 heteroatoms. The van der Waals surface area contributed by atoms with Crippen molar-refractivity contribution in [3.05, 3.63) is 190 Å². The Bertz CT molecular complexity index is 2740. The molecule has 2 heterocycles. The average Bonchev–Trinajstić information content (AvgIpc) is 3.99. The smallest absolute Gasteiger partial charge is 0.194 e. The van der Waals surface area contributed by atoms with Gasteiger partial charge in [-0.2, -0.15) is 5.10 Å². The van der Waals surface area contributed by atoms with E-state index >= 15 is 4.79 Å². The lowest BCUT2D eigenvalue weighted by molar-refractivity contribution is -0.141. The van der Waals surface area contributed by atoms with Crippen LogP contribution in [0.2, 0.25) is 0 Å². The van der Waals surface area contributed by atoms with Crippen molar-refractivity contribution in [3.63, 3.8) is 0 Å². The van der Waals surface area contributed by atoms with Crippen molar-refractivity contribution in [3.8, 4) is 22.9 Å². The first-order valence-corrected chi connectivity index (χ1v) is 22.5. The van der Waals surface area contributed by atoms with E-state index < -0.39 is 18.7 Å². The van der Waals surface area contributed by atoms with Crippen LogP contribution in [0.4, 0.5) is 10.2 Å². The number of Topliss-reactive ketones (excluding diaryl/α,β-unsaturated/α-hetero) is 1. The first-order valence-electron chi connectivity index (χ1n) is 20.0. The molecule has 6 aromatic carbocycles. The molecule has 0 saturated carbocycles. The number of benzene rings is 6. The van der Waals surface area contributed by atoms with Crippen molar-refractivity contribution in [1.29, 1.82) is 0 Å². The lowest BCUT2D eigenvalue weighted by Crippen LogP contribution is -2.25. The topological polar surface area (TPSA) is 84.2 Å². The number of aromatic nitrogens is 2. The number of ketones is 1. The minimum absolute atomic E-state index is 0.127. The van der Waals surface area contributed by atoms with Crippen LogP contribution in [-0.4, -0.2) is 40.7 Å². The molecule has 1 saturated heterocycles. The quantitative estimate of drug-likeness (QED) is 0.0897. The van der Waals surface area contributed by atoms with Gasteiger partial charge in [-0.15, -0.1) is 0 Å². The molecular weight excluding hydrogens is 852 g/mol. The number of hydrogen-bond donors (Lipinski definition) is 0. The first kappa shape index (κ1) is 40.5. The van der Waals surface area contributed by atoms with E-state index in [1.165, 1.54) is 6.07 Å². The van der Waals surface area contributed by atoms with Gasteiger partial charge in [0, 0.05) is 27.9 Å². The Labute approximate surface area is 362 Å². The highest BCUT2D eigenvalue weighted by Gasteiger charge is 2.34. The molecule has 1 fully saturated rings. The molecule has 1 aliphatic carbocycles. The maximum absolute atomic E-state index is 15.1. The number of fused-ring (bicyclic) bond motifs is 1. The van der Waals surface area contributed by atoms with Crippen LogP contribution in [-0.2, 0) is 15.9 Å². The molecule has 0 N–H and O–H groups in total. The number of nitrogens with zero attached hydrogens (tertiary/aromatic N) is 3. The Morgan fingerprint density at radius 2 is 1.49 bits per heavy atom. The largest absolute Gasteiger partial charge is 0.490 e. The summed E-state index contributed by atoms with van der Waals surface area (Å²) in [6, 6.07) is 46.6. The fourth-order valence-electron chi connectivity index (χ4n) is 7.81. The van der Waals surface area contributed by atoms with Gasteiger partial charge in [-0.05, 0) is 102 Å². The molecule has 0 radical (unpaired) electrons. The van der Waals surface area contributed by atoms with Crippen LogP contribution < -0.4 is 25.4 Å². The molecule has 1 aromatic heterocycles. The number of rotatable bonds is 12. The summed E-state index contributed by atoms with van der Waals surface area (Å²) in [4.78, 5) is 15.1. The molecule has 0 bridgehead atoms. The van der Waals surface area contributed by atoms with Crippen LogP contribution in [0.15, 0.2) is 167 Å². The van der Waals surface area contributed by atoms with Crippen LogP contribution in [0, 0.1) is 12.7 Å². The third-order valence-corrected chi connectivity index (χ3v) is 15.0. The number of halogens is 2. The molecule has 2 aliphatic rings. The summed E-state index contributed by atoms with van der Waals surface area (Å²) in [6.07, 6.45) is 3.78. The fraction of sp³-hybridized carbons (Fsp3) is 0.160. The zero-order valence-corrected chi connectivity index (χ0v) is 36.3. The maximum atomic E-state index is 15.1. The summed E-state index contributed by atoms with van der Waals surface area (Å²) in [5.41, 5.74) is 4.29. The van der Waals surface area contributed by atoms with Gasteiger partial charge in [-0.25, -0.2) is 13.8 Å². The lowest BCUT2D eigenvalue weighted by Gasteiger charge is -2.27. The standard InChI is InChI=1S/C50H42BrFN3O5P/c1-33-25-37(23-24-45(33)59-46-22-14-13-21-44(46)52)55-49(54-61(39-15-7-4-8-16-39,40-17-9-5-10-18-40)41-19-11-6-12-20-41)42(30-53-55)48(56)36-26-34-28-43(51)47(29-35(34)27-36)57-31-38-32-58-50(2,3)60-38/h4-25,27-30,38H,26,31-32H2,1-3H3/t38-/m0/s1. The van der Waals surface area contributed by atoms with Crippen molar-refractivity contribution in [1.82, 2.24) is 9.78 Å². The van der Waals surface area contributed by atoms with Crippen LogP contribution in [0.1, 0.15) is 40.9 Å². The highest BCUT2D eigenvalue weighted by atomic mass is 79.9. The Hall–Kier alpha value is -5.90. The second kappa shape index (κ2) is 16.9. The zero-order chi connectivity index (χ0) is 42.1. The third kappa shape index (κ3) is 8.17. The van der Waals surface area contributed by atoms with Gasteiger partial charge in [0.2, 0.25) is 0 Å². The van der Waals surface area contributed by atoms with Crippen molar-refractivity contribution in [2.75, 3.05) is 13.2 Å². The summed E-state index contributed by atoms with van der Waals surface area (Å²) in [7, 11) is -2.87. The minimum atomic E-state index is -2.87. The molecule has 0 spiro atoms. The lowest BCUT2D eigenvalue weighted by atomic mass is 10.0. The number of para-hydroxylation sites is 1. The number of carbonyl (C=O) groups is 1. The minimum Gasteiger partial charge on any atom is -0.490 e. The highest BCUT2D eigenvalue weighted by Crippen LogP contribution is 2.50. The number of ether oxygens (including phenoxy) is 4. The zero-order valence-electron chi connectivity index (χ0n) is 33.8. The molecule has 7 aromatic rings.